The molecular weight excluding hydrogens is 719 g/mol. The summed E-state index contributed by atoms with van der Waals surface area (Å²) in [6.07, 6.45) is 7.00. The van der Waals surface area contributed by atoms with Crippen molar-refractivity contribution in [3.8, 4) is 45.9 Å². The van der Waals surface area contributed by atoms with E-state index in [0.29, 0.717) is 66.2 Å². The van der Waals surface area contributed by atoms with Gasteiger partial charge in [0.15, 0.2) is 17.8 Å². The number of benzene rings is 3. The number of pyridine rings is 1. The zero-order valence-electron chi connectivity index (χ0n) is 30.8. The molecule has 13 nitrogen and oxygen atoms in total. The van der Waals surface area contributed by atoms with E-state index in [9.17, 15) is 25.2 Å². The maximum atomic E-state index is 15.0. The van der Waals surface area contributed by atoms with Crippen molar-refractivity contribution in [3.63, 3.8) is 0 Å². The zero-order valence-corrected chi connectivity index (χ0v) is 30.8. The molecule has 0 aliphatic carbocycles. The van der Waals surface area contributed by atoms with Crippen LogP contribution in [-0.2, 0) is 32.1 Å². The summed E-state index contributed by atoms with van der Waals surface area (Å²) in [5.74, 6) is -0.379. The number of carbonyl (C=O) groups is 2. The number of phenols is 1. The third kappa shape index (κ3) is 9.78. The van der Waals surface area contributed by atoms with E-state index in [1.165, 1.54) is 31.4 Å². The average Bonchev–Trinajstić information content (AvgIpc) is 3.22. The van der Waals surface area contributed by atoms with Crippen molar-refractivity contribution in [2.45, 2.75) is 57.5 Å². The summed E-state index contributed by atoms with van der Waals surface area (Å²) >= 11 is 0. The van der Waals surface area contributed by atoms with E-state index in [1.54, 1.807) is 30.5 Å². The summed E-state index contributed by atoms with van der Waals surface area (Å²) in [6.45, 7) is 1.81. The van der Waals surface area contributed by atoms with Gasteiger partial charge in [0.25, 0.3) is 5.91 Å². The minimum absolute atomic E-state index is 0.0497. The zero-order chi connectivity index (χ0) is 39.4. The van der Waals surface area contributed by atoms with Crippen LogP contribution in [0, 0.1) is 28.5 Å². The minimum atomic E-state index is -0.700. The van der Waals surface area contributed by atoms with Gasteiger partial charge in [0.05, 0.1) is 25.2 Å². The average molecular weight is 761 g/mol. The molecule has 0 bridgehead atoms. The van der Waals surface area contributed by atoms with E-state index in [1.807, 2.05) is 35.2 Å². The predicted molar refractivity (Wildman–Crippen MR) is 204 cm³/mol. The smallest absolute Gasteiger partial charge is 0.407 e. The quantitative estimate of drug-likeness (QED) is 0.104. The van der Waals surface area contributed by atoms with Gasteiger partial charge in [-0.1, -0.05) is 36.4 Å². The van der Waals surface area contributed by atoms with Crippen molar-refractivity contribution < 1.29 is 38.1 Å². The molecule has 1 aromatic heterocycles. The van der Waals surface area contributed by atoms with Gasteiger partial charge in [-0.25, -0.2) is 24.5 Å². The SMILES string of the molecule is COc1ccc(-c2cnc(N3CCC(OC(=O)NCc4ccc(/C=C/C(=O)NOC5CCCCO5)cc4)CC3)c(CC#N)c2-c2ccc(C#N)c(F)c2)cc1O. The minimum Gasteiger partial charge on any atom is -0.504 e. The van der Waals surface area contributed by atoms with Crippen molar-refractivity contribution in [2.75, 3.05) is 31.7 Å². The van der Waals surface area contributed by atoms with E-state index < -0.39 is 24.1 Å². The summed E-state index contributed by atoms with van der Waals surface area (Å²) in [5.41, 5.74) is 6.60. The fraction of sp³-hybridized carbons (Fsp3) is 0.310. The number of carbonyl (C=O) groups excluding carboxylic acids is 2. The number of hydrogen-bond donors (Lipinski definition) is 3. The molecule has 2 amide bonds. The van der Waals surface area contributed by atoms with E-state index in [2.05, 4.69) is 16.9 Å². The number of methoxy groups -OCH3 is 1. The number of amides is 2. The number of hydrogen-bond acceptors (Lipinski definition) is 11. The molecule has 288 valence electrons. The number of halogens is 1. The van der Waals surface area contributed by atoms with Gasteiger partial charge in [0.2, 0.25) is 0 Å². The second-order valence-corrected chi connectivity index (χ2v) is 13.3. The first-order valence-corrected chi connectivity index (χ1v) is 18.3. The van der Waals surface area contributed by atoms with Crippen molar-refractivity contribution in [2.24, 2.45) is 0 Å². The topological polar surface area (TPSA) is 179 Å². The van der Waals surface area contributed by atoms with Crippen LogP contribution in [0.3, 0.4) is 0 Å². The highest BCUT2D eigenvalue weighted by Crippen LogP contribution is 2.42. The Morgan fingerprint density at radius 1 is 1.05 bits per heavy atom. The Balaban J connectivity index is 1.07. The van der Waals surface area contributed by atoms with Crippen LogP contribution in [0.4, 0.5) is 15.0 Å². The van der Waals surface area contributed by atoms with Crippen LogP contribution in [0.2, 0.25) is 0 Å². The molecule has 1 atom stereocenters. The summed E-state index contributed by atoms with van der Waals surface area (Å²) in [7, 11) is 1.44. The van der Waals surface area contributed by atoms with Crippen molar-refractivity contribution >= 4 is 23.9 Å². The Bertz CT molecular complexity index is 2150. The number of nitrogens with one attached hydrogen (secondary N) is 2. The van der Waals surface area contributed by atoms with Crippen molar-refractivity contribution in [1.29, 1.82) is 10.5 Å². The van der Waals surface area contributed by atoms with E-state index in [4.69, 9.17) is 24.0 Å². The number of ether oxygens (including phenoxy) is 3. The highest BCUT2D eigenvalue weighted by Gasteiger charge is 2.28. The summed E-state index contributed by atoms with van der Waals surface area (Å²) in [4.78, 5) is 36.9. The Morgan fingerprint density at radius 2 is 1.84 bits per heavy atom. The van der Waals surface area contributed by atoms with Crippen molar-refractivity contribution in [3.05, 3.63) is 101 Å². The number of phenolic OH excluding ortho intramolecular Hbond substituents is 1. The van der Waals surface area contributed by atoms with Gasteiger partial charge in [-0.3, -0.25) is 4.79 Å². The number of piperidine rings is 1. The standard InChI is InChI=1S/C42H41FN6O7/c1-53-37-13-12-29(23-36(37)50)34-26-46-41(33(15-18-44)40(34)30-10-11-31(24-45)35(43)22-30)49-19-16-32(17-20-49)55-42(52)47-25-28-7-5-27(6-8-28)9-14-38(51)48-56-39-4-2-3-21-54-39/h5-14,22-23,26,32,39,50H,2-4,15-17,19-21,25H2,1H3,(H,47,52)(H,48,51)/b14-9+. The number of nitrogens with zero attached hydrogens (tertiary/aromatic N) is 4. The lowest BCUT2D eigenvalue weighted by Crippen LogP contribution is -2.40. The summed E-state index contributed by atoms with van der Waals surface area (Å²) < 4.78 is 31.4. The van der Waals surface area contributed by atoms with Crippen LogP contribution in [-0.4, -0.2) is 61.3 Å². The molecule has 0 spiro atoms. The van der Waals surface area contributed by atoms with Crippen LogP contribution in [0.25, 0.3) is 28.3 Å². The van der Waals surface area contributed by atoms with Crippen LogP contribution in [0.5, 0.6) is 11.5 Å². The molecule has 14 heteroatoms. The number of aromatic hydroxyl groups is 1. The number of nitriles is 2. The fourth-order valence-electron chi connectivity index (χ4n) is 6.66. The van der Waals surface area contributed by atoms with Gasteiger partial charge in [-0.05, 0) is 71.0 Å². The molecular formula is C42H41FN6O7. The second-order valence-electron chi connectivity index (χ2n) is 13.3. The summed E-state index contributed by atoms with van der Waals surface area (Å²) in [6, 6.07) is 20.6. The molecule has 1 unspecified atom stereocenters. The first kappa shape index (κ1) is 39.2. The Labute approximate surface area is 323 Å². The lowest BCUT2D eigenvalue weighted by Gasteiger charge is -2.34. The fourth-order valence-corrected chi connectivity index (χ4v) is 6.66. The second kappa shape index (κ2) is 18.7. The molecule has 4 aromatic rings. The van der Waals surface area contributed by atoms with Crippen molar-refractivity contribution in [1.82, 2.24) is 15.8 Å². The highest BCUT2D eigenvalue weighted by atomic mass is 19.1. The monoisotopic (exact) mass is 760 g/mol. The first-order valence-electron chi connectivity index (χ1n) is 18.3. The number of alkyl carbamates (subject to hydrolysis) is 1. The normalized spacial score (nSPS) is 15.8. The van der Waals surface area contributed by atoms with Gasteiger partial charge >= 0.3 is 6.09 Å². The van der Waals surface area contributed by atoms with Crippen LogP contribution >= 0.6 is 0 Å². The molecule has 2 saturated heterocycles. The molecule has 0 radical (unpaired) electrons. The molecule has 3 aromatic carbocycles. The molecule has 6 rings (SSSR count). The number of rotatable bonds is 12. The largest absolute Gasteiger partial charge is 0.504 e. The lowest BCUT2D eigenvalue weighted by atomic mass is 9.89. The maximum Gasteiger partial charge on any atom is 0.407 e. The molecule has 2 aliphatic heterocycles. The maximum absolute atomic E-state index is 15.0. The van der Waals surface area contributed by atoms with Crippen LogP contribution in [0.15, 0.2) is 72.9 Å². The van der Waals surface area contributed by atoms with Gasteiger partial charge < -0.3 is 29.5 Å². The van der Waals surface area contributed by atoms with Gasteiger partial charge in [0, 0.05) is 68.9 Å². The predicted octanol–water partition coefficient (Wildman–Crippen LogP) is 6.69. The third-order valence-electron chi connectivity index (χ3n) is 9.57. The molecule has 3 N–H and O–H groups in total. The Morgan fingerprint density at radius 3 is 2.52 bits per heavy atom. The molecule has 0 saturated carbocycles. The van der Waals surface area contributed by atoms with Gasteiger partial charge in [-0.2, -0.15) is 10.5 Å². The van der Waals surface area contributed by atoms with Crippen LogP contribution < -0.4 is 20.4 Å². The van der Waals surface area contributed by atoms with E-state index in [0.717, 1.165) is 30.4 Å². The lowest BCUT2D eigenvalue weighted by molar-refractivity contribution is -0.198. The highest BCUT2D eigenvalue weighted by molar-refractivity contribution is 5.91. The third-order valence-corrected chi connectivity index (χ3v) is 9.57. The van der Waals surface area contributed by atoms with E-state index >= 15 is 4.39 Å². The summed E-state index contributed by atoms with van der Waals surface area (Å²) in [5, 5.41) is 32.7. The van der Waals surface area contributed by atoms with Crippen LogP contribution in [0.1, 0.15) is 54.4 Å². The van der Waals surface area contributed by atoms with E-state index in [-0.39, 0.29) is 36.1 Å². The number of hydroxylamine groups is 1. The molecule has 2 fully saturated rings. The van der Waals surface area contributed by atoms with Gasteiger partial charge in [-0.15, -0.1) is 0 Å². The Hall–Kier alpha value is -6.48. The number of aromatic nitrogens is 1. The first-order chi connectivity index (χ1) is 27.3. The molecule has 2 aliphatic rings. The Kier molecular flexibility index (Phi) is 13.1. The number of anilines is 1. The molecule has 56 heavy (non-hydrogen) atoms. The molecule has 3 heterocycles. The van der Waals surface area contributed by atoms with Gasteiger partial charge in [0.1, 0.15) is 23.8 Å².